The predicted molar refractivity (Wildman–Crippen MR) is 95.9 cm³/mol. The molecule has 1 rings (SSSR count). The highest BCUT2D eigenvalue weighted by Crippen LogP contribution is 2.13. The molecule has 0 aliphatic carbocycles. The Bertz CT molecular complexity index is 713. The Labute approximate surface area is 153 Å². The van der Waals surface area contributed by atoms with Gasteiger partial charge in [0.25, 0.3) is 0 Å². The molecule has 146 valence electrons. The number of ether oxygens (including phenoxy) is 1. The van der Waals surface area contributed by atoms with Crippen molar-refractivity contribution in [3.63, 3.8) is 0 Å². The Morgan fingerprint density at radius 3 is 2.27 bits per heavy atom. The van der Waals surface area contributed by atoms with E-state index in [0.717, 1.165) is 0 Å². The molecule has 9 heteroatoms. The molecule has 0 aromatic heterocycles. The molecule has 1 unspecified atom stereocenters. The fraction of sp³-hybridized carbons (Fsp3) is 0.529. The average Bonchev–Trinajstić information content (AvgIpc) is 2.52. The minimum Gasteiger partial charge on any atom is -0.480 e. The Balaban J connectivity index is 2.62. The molecule has 1 aromatic rings. The molecular formula is C17H26N2O6S. The number of carbonyl (C=O) groups excluding carboxylic acids is 1. The van der Waals surface area contributed by atoms with Gasteiger partial charge in [-0.3, -0.25) is 9.59 Å². The minimum atomic E-state index is -3.95. The van der Waals surface area contributed by atoms with Crippen LogP contribution in [0.15, 0.2) is 35.2 Å². The quantitative estimate of drug-likeness (QED) is 0.543. The summed E-state index contributed by atoms with van der Waals surface area (Å²) < 4.78 is 31.8. The number of hydrogen-bond donors (Lipinski definition) is 3. The van der Waals surface area contributed by atoms with Gasteiger partial charge in [0.05, 0.1) is 4.90 Å². The Morgan fingerprint density at radius 1 is 1.19 bits per heavy atom. The average molecular weight is 386 g/mol. The van der Waals surface area contributed by atoms with Crippen LogP contribution in [0.4, 0.5) is 0 Å². The summed E-state index contributed by atoms with van der Waals surface area (Å²) >= 11 is 0. The van der Waals surface area contributed by atoms with Crippen molar-refractivity contribution in [3.8, 4) is 0 Å². The number of carboxylic acids is 1. The second-order valence-electron chi connectivity index (χ2n) is 6.90. The highest BCUT2D eigenvalue weighted by Gasteiger charge is 2.26. The molecule has 0 heterocycles. The third kappa shape index (κ3) is 7.51. The number of carbonyl (C=O) groups is 2. The van der Waals surface area contributed by atoms with Gasteiger partial charge in [-0.2, -0.15) is 4.72 Å². The van der Waals surface area contributed by atoms with E-state index in [-0.39, 0.29) is 24.2 Å². The third-order valence-corrected chi connectivity index (χ3v) is 4.85. The summed E-state index contributed by atoms with van der Waals surface area (Å²) in [6.45, 7) is 5.16. The summed E-state index contributed by atoms with van der Waals surface area (Å²) in [5, 5.41) is 9.26. The van der Waals surface area contributed by atoms with E-state index in [9.17, 15) is 23.1 Å². The van der Waals surface area contributed by atoms with Gasteiger partial charge in [0.15, 0.2) is 0 Å². The van der Waals surface area contributed by atoms with Crippen LogP contribution in [-0.2, 0) is 24.3 Å². The maximum Gasteiger partial charge on any atom is 0.323 e. The summed E-state index contributed by atoms with van der Waals surface area (Å²) in [5.74, 6) is -1.87. The first-order valence-corrected chi connectivity index (χ1v) is 9.69. The fourth-order valence-corrected chi connectivity index (χ4v) is 3.37. The lowest BCUT2D eigenvalue weighted by Crippen LogP contribution is -2.41. The molecule has 0 aliphatic rings. The lowest BCUT2D eigenvalue weighted by atomic mass is 10.1. The second-order valence-corrected chi connectivity index (χ2v) is 8.61. The van der Waals surface area contributed by atoms with Crippen molar-refractivity contribution in [1.29, 1.82) is 0 Å². The monoisotopic (exact) mass is 386 g/mol. The first-order valence-electron chi connectivity index (χ1n) is 8.21. The van der Waals surface area contributed by atoms with Crippen molar-refractivity contribution in [1.82, 2.24) is 4.72 Å². The molecular weight excluding hydrogens is 360 g/mol. The highest BCUT2D eigenvalue weighted by molar-refractivity contribution is 7.89. The summed E-state index contributed by atoms with van der Waals surface area (Å²) in [4.78, 5) is 23.1. The van der Waals surface area contributed by atoms with E-state index >= 15 is 0 Å². The molecule has 1 aromatic carbocycles. The molecule has 8 nitrogen and oxygen atoms in total. The molecule has 0 saturated heterocycles. The van der Waals surface area contributed by atoms with E-state index in [0.29, 0.717) is 0 Å². The van der Waals surface area contributed by atoms with Crippen LogP contribution in [0.1, 0.15) is 40.0 Å². The van der Waals surface area contributed by atoms with Crippen molar-refractivity contribution in [3.05, 3.63) is 30.3 Å². The molecule has 0 radical (unpaired) electrons. The number of rotatable bonds is 9. The number of aliphatic carboxylic acids is 1. The summed E-state index contributed by atoms with van der Waals surface area (Å²) in [6.07, 6.45) is 0.429. The number of carboxylic acid groups (broad SMARTS) is 1. The summed E-state index contributed by atoms with van der Waals surface area (Å²) in [7, 11) is -3.95. The SMILES string of the molecule is CC(C)(C)OC(=O)C(N)CCC[C@H](NS(=O)(=O)c1ccccc1)C(=O)O. The minimum absolute atomic E-state index is 0.00209. The molecule has 26 heavy (non-hydrogen) atoms. The van der Waals surface area contributed by atoms with Crippen molar-refractivity contribution in [2.75, 3.05) is 0 Å². The van der Waals surface area contributed by atoms with Gasteiger partial charge in [0.1, 0.15) is 17.7 Å². The van der Waals surface area contributed by atoms with Crippen LogP contribution in [0, 0.1) is 0 Å². The van der Waals surface area contributed by atoms with Crippen molar-refractivity contribution in [2.45, 2.75) is 62.6 Å². The fourth-order valence-electron chi connectivity index (χ4n) is 2.12. The van der Waals surface area contributed by atoms with Crippen molar-refractivity contribution in [2.24, 2.45) is 5.73 Å². The Kier molecular flexibility index (Phi) is 7.73. The summed E-state index contributed by atoms with van der Waals surface area (Å²) in [6, 6.07) is 5.29. The number of hydrogen-bond acceptors (Lipinski definition) is 6. The maximum absolute atomic E-state index is 12.2. The number of sulfonamides is 1. The van der Waals surface area contributed by atoms with Crippen LogP contribution in [0.5, 0.6) is 0 Å². The van der Waals surface area contributed by atoms with Crippen LogP contribution < -0.4 is 10.5 Å². The van der Waals surface area contributed by atoms with Gasteiger partial charge < -0.3 is 15.6 Å². The second kappa shape index (κ2) is 9.11. The first kappa shape index (κ1) is 22.1. The number of benzene rings is 1. The number of esters is 1. The molecule has 2 atom stereocenters. The zero-order valence-electron chi connectivity index (χ0n) is 15.1. The van der Waals surface area contributed by atoms with Crippen molar-refractivity contribution >= 4 is 22.0 Å². The van der Waals surface area contributed by atoms with Crippen molar-refractivity contribution < 1.29 is 27.9 Å². The molecule has 4 N–H and O–H groups in total. The van der Waals surface area contributed by atoms with E-state index in [4.69, 9.17) is 10.5 Å². The zero-order valence-corrected chi connectivity index (χ0v) is 16.0. The molecule has 0 bridgehead atoms. The standard InChI is InChI=1S/C17H26N2O6S/c1-17(2,3)25-16(22)13(18)10-7-11-14(15(20)21)19-26(23,24)12-8-5-4-6-9-12/h4-6,8-9,13-14,19H,7,10-11,18H2,1-3H3,(H,20,21)/t13?,14-/m0/s1. The van der Waals surface area contributed by atoms with Gasteiger partial charge in [0, 0.05) is 0 Å². The van der Waals surface area contributed by atoms with Crippen LogP contribution in [0.3, 0.4) is 0 Å². The lowest BCUT2D eigenvalue weighted by Gasteiger charge is -2.22. The van der Waals surface area contributed by atoms with Gasteiger partial charge in [-0.1, -0.05) is 18.2 Å². The highest BCUT2D eigenvalue weighted by atomic mass is 32.2. The molecule has 0 fully saturated rings. The van der Waals surface area contributed by atoms with Gasteiger partial charge in [-0.05, 0) is 52.2 Å². The normalized spacial score (nSPS) is 14.5. The summed E-state index contributed by atoms with van der Waals surface area (Å²) in [5.41, 5.74) is 5.08. The molecule has 0 amide bonds. The van der Waals surface area contributed by atoms with Crippen LogP contribution in [0.2, 0.25) is 0 Å². The Morgan fingerprint density at radius 2 is 1.77 bits per heavy atom. The predicted octanol–water partition coefficient (Wildman–Crippen LogP) is 1.26. The number of nitrogens with one attached hydrogen (secondary N) is 1. The third-order valence-electron chi connectivity index (χ3n) is 3.37. The van der Waals surface area contributed by atoms with Gasteiger partial charge in [-0.15, -0.1) is 0 Å². The first-order chi connectivity index (χ1) is 11.9. The smallest absolute Gasteiger partial charge is 0.323 e. The van der Waals surface area contributed by atoms with Gasteiger partial charge in [0.2, 0.25) is 10.0 Å². The maximum atomic E-state index is 12.2. The number of nitrogens with two attached hydrogens (primary N) is 1. The molecule has 0 spiro atoms. The topological polar surface area (TPSA) is 136 Å². The van der Waals surface area contributed by atoms with E-state index < -0.39 is 39.6 Å². The zero-order chi connectivity index (χ0) is 20.0. The van der Waals surface area contributed by atoms with Crippen LogP contribution >= 0.6 is 0 Å². The lowest BCUT2D eigenvalue weighted by molar-refractivity contribution is -0.156. The molecule has 0 saturated carbocycles. The van der Waals surface area contributed by atoms with E-state index in [1.54, 1.807) is 39.0 Å². The van der Waals surface area contributed by atoms with E-state index in [2.05, 4.69) is 4.72 Å². The van der Waals surface area contributed by atoms with Crippen LogP contribution in [0.25, 0.3) is 0 Å². The largest absolute Gasteiger partial charge is 0.480 e. The van der Waals surface area contributed by atoms with Crippen LogP contribution in [-0.4, -0.2) is 43.1 Å². The molecule has 0 aliphatic heterocycles. The Hall–Kier alpha value is -1.97. The van der Waals surface area contributed by atoms with Gasteiger partial charge >= 0.3 is 11.9 Å². The van der Waals surface area contributed by atoms with E-state index in [1.165, 1.54) is 12.1 Å². The van der Waals surface area contributed by atoms with Gasteiger partial charge in [-0.25, -0.2) is 8.42 Å². The van der Waals surface area contributed by atoms with E-state index in [1.807, 2.05) is 0 Å².